The Hall–Kier alpha value is -0.830. The molecule has 0 spiro atoms. The number of nitrogens with zero attached hydrogens (tertiary/aromatic N) is 2. The Kier molecular flexibility index (Phi) is 2.87. The Balaban J connectivity index is 3.00. The number of nitrogens with two attached hydrogens (primary N) is 1. The van der Waals surface area contributed by atoms with Crippen molar-refractivity contribution in [2.75, 3.05) is 0 Å². The van der Waals surface area contributed by atoms with Gasteiger partial charge in [0.15, 0.2) is 0 Å². The molecule has 0 fully saturated rings. The summed E-state index contributed by atoms with van der Waals surface area (Å²) in [5.74, 6) is 0. The number of hydrogen-bond acceptors (Lipinski definition) is 2. The van der Waals surface area contributed by atoms with Gasteiger partial charge in [-0.15, -0.1) is 0 Å². The lowest BCUT2D eigenvalue weighted by Crippen LogP contribution is -2.12. The monoisotopic (exact) mass is 167 g/mol. The Morgan fingerprint density at radius 2 is 2.25 bits per heavy atom. The first kappa shape index (κ1) is 9.26. The number of aryl methyl sites for hydroxylation is 2. The van der Waals surface area contributed by atoms with E-state index in [1.54, 1.807) is 0 Å². The van der Waals surface area contributed by atoms with E-state index in [0.29, 0.717) is 0 Å². The van der Waals surface area contributed by atoms with Crippen molar-refractivity contribution in [3.8, 4) is 0 Å². The summed E-state index contributed by atoms with van der Waals surface area (Å²) in [6.07, 6.45) is 0.979. The molecule has 0 aromatic carbocycles. The molecule has 0 bridgehead atoms. The molecular formula is C9H17N3. The van der Waals surface area contributed by atoms with Crippen molar-refractivity contribution in [3.05, 3.63) is 17.5 Å². The van der Waals surface area contributed by atoms with Crippen LogP contribution < -0.4 is 5.73 Å². The second kappa shape index (κ2) is 3.72. The molecule has 0 aliphatic carbocycles. The summed E-state index contributed by atoms with van der Waals surface area (Å²) in [6.45, 7) is 7.07. The lowest BCUT2D eigenvalue weighted by atomic mass is 10.2. The number of rotatable bonds is 3. The van der Waals surface area contributed by atoms with Gasteiger partial charge in [-0.25, -0.2) is 0 Å². The van der Waals surface area contributed by atoms with Crippen LogP contribution in [0.4, 0.5) is 0 Å². The van der Waals surface area contributed by atoms with Gasteiger partial charge in [0, 0.05) is 12.6 Å². The summed E-state index contributed by atoms with van der Waals surface area (Å²) in [7, 11) is 0. The molecule has 3 heteroatoms. The fourth-order valence-corrected chi connectivity index (χ4v) is 1.28. The Bertz CT molecular complexity index is 250. The molecule has 0 unspecified atom stereocenters. The van der Waals surface area contributed by atoms with E-state index in [4.69, 9.17) is 5.73 Å². The molecule has 68 valence electrons. The topological polar surface area (TPSA) is 43.8 Å². The molecule has 1 aromatic rings. The smallest absolute Gasteiger partial charge is 0.0625 e. The summed E-state index contributed by atoms with van der Waals surface area (Å²) in [5, 5.41) is 4.41. The van der Waals surface area contributed by atoms with Gasteiger partial charge in [0.05, 0.1) is 11.4 Å². The maximum atomic E-state index is 5.80. The standard InChI is InChI=1S/C9H17N3/c1-4-8-6-9(7(3)10)12(5-2)11-8/h6-7H,4-5,10H2,1-3H3/t7-/m1/s1. The fraction of sp³-hybridized carbons (Fsp3) is 0.667. The van der Waals surface area contributed by atoms with Crippen LogP contribution in [0.2, 0.25) is 0 Å². The van der Waals surface area contributed by atoms with Gasteiger partial charge in [-0.1, -0.05) is 6.92 Å². The van der Waals surface area contributed by atoms with Crippen LogP contribution in [0.25, 0.3) is 0 Å². The zero-order valence-electron chi connectivity index (χ0n) is 8.04. The minimum Gasteiger partial charge on any atom is -0.323 e. The van der Waals surface area contributed by atoms with Gasteiger partial charge >= 0.3 is 0 Å². The highest BCUT2D eigenvalue weighted by molar-refractivity contribution is 5.13. The molecule has 3 nitrogen and oxygen atoms in total. The third-order valence-corrected chi connectivity index (χ3v) is 1.99. The van der Waals surface area contributed by atoms with Crippen molar-refractivity contribution < 1.29 is 0 Å². The average Bonchev–Trinajstić information content (AvgIpc) is 2.47. The van der Waals surface area contributed by atoms with Crippen LogP contribution in [-0.4, -0.2) is 9.78 Å². The lowest BCUT2D eigenvalue weighted by molar-refractivity contribution is 0.585. The molecule has 0 aliphatic rings. The molecule has 1 atom stereocenters. The van der Waals surface area contributed by atoms with E-state index in [2.05, 4.69) is 25.0 Å². The second-order valence-electron chi connectivity index (χ2n) is 3.02. The van der Waals surface area contributed by atoms with E-state index in [1.807, 2.05) is 11.6 Å². The fourth-order valence-electron chi connectivity index (χ4n) is 1.28. The van der Waals surface area contributed by atoms with Gasteiger partial charge in [-0.05, 0) is 26.3 Å². The second-order valence-corrected chi connectivity index (χ2v) is 3.02. The third kappa shape index (κ3) is 1.67. The highest BCUT2D eigenvalue weighted by Gasteiger charge is 2.08. The molecule has 2 N–H and O–H groups in total. The molecule has 1 aromatic heterocycles. The van der Waals surface area contributed by atoms with Crippen molar-refractivity contribution in [3.63, 3.8) is 0 Å². The third-order valence-electron chi connectivity index (χ3n) is 1.99. The van der Waals surface area contributed by atoms with Crippen LogP contribution in [0, 0.1) is 0 Å². The van der Waals surface area contributed by atoms with E-state index in [9.17, 15) is 0 Å². The Morgan fingerprint density at radius 3 is 2.58 bits per heavy atom. The van der Waals surface area contributed by atoms with E-state index in [1.165, 1.54) is 0 Å². The summed E-state index contributed by atoms with van der Waals surface area (Å²) in [6, 6.07) is 2.17. The molecule has 1 heterocycles. The molecule has 0 saturated carbocycles. The van der Waals surface area contributed by atoms with Crippen LogP contribution in [-0.2, 0) is 13.0 Å². The molecule has 0 amide bonds. The maximum Gasteiger partial charge on any atom is 0.0625 e. The first-order valence-corrected chi connectivity index (χ1v) is 4.51. The Morgan fingerprint density at radius 1 is 1.58 bits per heavy atom. The molecule has 1 rings (SSSR count). The molecule has 0 radical (unpaired) electrons. The van der Waals surface area contributed by atoms with Gasteiger partial charge in [0.2, 0.25) is 0 Å². The number of hydrogen-bond donors (Lipinski definition) is 1. The lowest BCUT2D eigenvalue weighted by Gasteiger charge is -2.06. The molecule has 12 heavy (non-hydrogen) atoms. The molecule has 0 saturated heterocycles. The minimum absolute atomic E-state index is 0.0812. The first-order chi connectivity index (χ1) is 5.69. The van der Waals surface area contributed by atoms with Crippen LogP contribution in [0.1, 0.15) is 38.2 Å². The van der Waals surface area contributed by atoms with E-state index in [-0.39, 0.29) is 6.04 Å². The number of aromatic nitrogens is 2. The summed E-state index contributed by atoms with van der Waals surface area (Å²) in [4.78, 5) is 0. The molecule has 0 aliphatic heterocycles. The van der Waals surface area contributed by atoms with Crippen LogP contribution in [0.15, 0.2) is 6.07 Å². The van der Waals surface area contributed by atoms with Crippen LogP contribution >= 0.6 is 0 Å². The van der Waals surface area contributed by atoms with Crippen molar-refractivity contribution in [1.82, 2.24) is 9.78 Å². The van der Waals surface area contributed by atoms with Gasteiger partial charge in [0.1, 0.15) is 0 Å². The van der Waals surface area contributed by atoms with Gasteiger partial charge in [-0.3, -0.25) is 4.68 Å². The zero-order chi connectivity index (χ0) is 9.14. The minimum atomic E-state index is 0.0812. The van der Waals surface area contributed by atoms with Gasteiger partial charge in [0.25, 0.3) is 0 Å². The quantitative estimate of drug-likeness (QED) is 0.741. The van der Waals surface area contributed by atoms with Gasteiger partial charge in [-0.2, -0.15) is 5.10 Å². The first-order valence-electron chi connectivity index (χ1n) is 4.51. The maximum absolute atomic E-state index is 5.80. The SMILES string of the molecule is CCc1cc([C@@H](C)N)n(CC)n1. The van der Waals surface area contributed by atoms with Gasteiger partial charge < -0.3 is 5.73 Å². The predicted molar refractivity (Wildman–Crippen MR) is 49.9 cm³/mol. The predicted octanol–water partition coefficient (Wildman–Crippen LogP) is 1.49. The van der Waals surface area contributed by atoms with Crippen molar-refractivity contribution >= 4 is 0 Å². The van der Waals surface area contributed by atoms with E-state index < -0.39 is 0 Å². The molecular weight excluding hydrogens is 150 g/mol. The highest BCUT2D eigenvalue weighted by Crippen LogP contribution is 2.11. The summed E-state index contributed by atoms with van der Waals surface area (Å²) in [5.41, 5.74) is 8.06. The zero-order valence-corrected chi connectivity index (χ0v) is 8.04. The van der Waals surface area contributed by atoms with Crippen molar-refractivity contribution in [2.45, 2.75) is 39.8 Å². The summed E-state index contributed by atoms with van der Waals surface area (Å²) >= 11 is 0. The van der Waals surface area contributed by atoms with E-state index in [0.717, 1.165) is 24.4 Å². The average molecular weight is 167 g/mol. The van der Waals surface area contributed by atoms with Crippen molar-refractivity contribution in [2.24, 2.45) is 5.73 Å². The normalized spacial score (nSPS) is 13.3. The van der Waals surface area contributed by atoms with E-state index >= 15 is 0 Å². The van der Waals surface area contributed by atoms with Crippen LogP contribution in [0.3, 0.4) is 0 Å². The largest absolute Gasteiger partial charge is 0.323 e. The Labute approximate surface area is 73.6 Å². The highest BCUT2D eigenvalue weighted by atomic mass is 15.3. The summed E-state index contributed by atoms with van der Waals surface area (Å²) < 4.78 is 1.98. The van der Waals surface area contributed by atoms with Crippen molar-refractivity contribution in [1.29, 1.82) is 0 Å². The van der Waals surface area contributed by atoms with Crippen LogP contribution in [0.5, 0.6) is 0 Å².